The van der Waals surface area contributed by atoms with E-state index in [1.165, 1.54) is 25.8 Å². The van der Waals surface area contributed by atoms with Gasteiger partial charge >= 0.3 is 0 Å². The standard InChI is InChI=1S/C12H22N4S/c1-3-6-13-9-11-4-7-16(8-5-11)12-15-14-10(2)17-12/h11,13H,3-9H2,1-2H3. The van der Waals surface area contributed by atoms with E-state index in [4.69, 9.17) is 0 Å². The maximum Gasteiger partial charge on any atom is 0.208 e. The van der Waals surface area contributed by atoms with Crippen molar-refractivity contribution in [3.05, 3.63) is 5.01 Å². The Hall–Kier alpha value is -0.680. The van der Waals surface area contributed by atoms with E-state index in [0.29, 0.717) is 0 Å². The Balaban J connectivity index is 1.74. The number of hydrogen-bond acceptors (Lipinski definition) is 5. The van der Waals surface area contributed by atoms with Crippen LogP contribution in [0, 0.1) is 12.8 Å². The molecule has 2 heterocycles. The molecular formula is C12H22N4S. The molecule has 0 spiro atoms. The first-order valence-electron chi connectivity index (χ1n) is 6.55. The van der Waals surface area contributed by atoms with Gasteiger partial charge < -0.3 is 10.2 Å². The summed E-state index contributed by atoms with van der Waals surface area (Å²) in [6.45, 7) is 8.82. The number of aromatic nitrogens is 2. The smallest absolute Gasteiger partial charge is 0.208 e. The monoisotopic (exact) mass is 254 g/mol. The molecular weight excluding hydrogens is 232 g/mol. The first kappa shape index (κ1) is 12.8. The normalized spacial score (nSPS) is 17.6. The fourth-order valence-electron chi connectivity index (χ4n) is 2.23. The number of nitrogens with zero attached hydrogens (tertiary/aromatic N) is 3. The predicted octanol–water partition coefficient (Wildman–Crippen LogP) is 2.06. The van der Waals surface area contributed by atoms with Gasteiger partial charge in [0.1, 0.15) is 5.01 Å². The van der Waals surface area contributed by atoms with Crippen LogP contribution >= 0.6 is 11.3 Å². The minimum atomic E-state index is 0.840. The molecule has 0 aromatic carbocycles. The summed E-state index contributed by atoms with van der Waals surface area (Å²) >= 11 is 1.71. The molecule has 2 rings (SSSR count). The Kier molecular flexibility index (Phi) is 4.74. The summed E-state index contributed by atoms with van der Waals surface area (Å²) in [6.07, 6.45) is 3.77. The molecule has 1 N–H and O–H groups in total. The topological polar surface area (TPSA) is 41.0 Å². The van der Waals surface area contributed by atoms with Crippen LogP contribution in [0.1, 0.15) is 31.2 Å². The second-order valence-electron chi connectivity index (χ2n) is 4.74. The van der Waals surface area contributed by atoms with E-state index in [1.807, 2.05) is 6.92 Å². The zero-order valence-corrected chi connectivity index (χ0v) is 11.6. The van der Waals surface area contributed by atoms with Crippen molar-refractivity contribution < 1.29 is 0 Å². The zero-order chi connectivity index (χ0) is 12.1. The van der Waals surface area contributed by atoms with Crippen molar-refractivity contribution in [2.75, 3.05) is 31.1 Å². The van der Waals surface area contributed by atoms with Gasteiger partial charge in [-0.3, -0.25) is 0 Å². The summed E-state index contributed by atoms with van der Waals surface area (Å²) in [4.78, 5) is 2.38. The second-order valence-corrected chi connectivity index (χ2v) is 5.90. The molecule has 0 bridgehead atoms. The van der Waals surface area contributed by atoms with E-state index in [-0.39, 0.29) is 0 Å². The third-order valence-corrected chi connectivity index (χ3v) is 4.16. The molecule has 4 nitrogen and oxygen atoms in total. The van der Waals surface area contributed by atoms with Crippen molar-refractivity contribution in [3.8, 4) is 0 Å². The van der Waals surface area contributed by atoms with Crippen LogP contribution in [0.2, 0.25) is 0 Å². The molecule has 1 aromatic heterocycles. The summed E-state index contributed by atoms with van der Waals surface area (Å²) < 4.78 is 0. The highest BCUT2D eigenvalue weighted by atomic mass is 32.1. The minimum absolute atomic E-state index is 0.840. The molecule has 17 heavy (non-hydrogen) atoms. The molecule has 1 saturated heterocycles. The van der Waals surface area contributed by atoms with E-state index in [0.717, 1.165) is 35.7 Å². The van der Waals surface area contributed by atoms with Crippen LogP contribution in [0.5, 0.6) is 0 Å². The third kappa shape index (κ3) is 3.64. The molecule has 1 aliphatic rings. The van der Waals surface area contributed by atoms with E-state index >= 15 is 0 Å². The number of hydrogen-bond donors (Lipinski definition) is 1. The number of anilines is 1. The number of aryl methyl sites for hydroxylation is 1. The van der Waals surface area contributed by atoms with Crippen molar-refractivity contribution in [3.63, 3.8) is 0 Å². The Morgan fingerprint density at radius 2 is 2.12 bits per heavy atom. The molecule has 0 saturated carbocycles. The van der Waals surface area contributed by atoms with Crippen LogP contribution in [0.15, 0.2) is 0 Å². The average Bonchev–Trinajstić information content (AvgIpc) is 2.77. The third-order valence-electron chi connectivity index (χ3n) is 3.26. The summed E-state index contributed by atoms with van der Waals surface area (Å²) in [5.74, 6) is 0.840. The number of rotatable bonds is 5. The molecule has 96 valence electrons. The van der Waals surface area contributed by atoms with Crippen molar-refractivity contribution in [2.45, 2.75) is 33.1 Å². The van der Waals surface area contributed by atoms with E-state index in [2.05, 4.69) is 27.3 Å². The summed E-state index contributed by atoms with van der Waals surface area (Å²) in [5, 5.41) is 14.0. The Labute approximate surface area is 107 Å². The largest absolute Gasteiger partial charge is 0.347 e. The van der Waals surface area contributed by atoms with Crippen LogP contribution in [0.4, 0.5) is 5.13 Å². The quantitative estimate of drug-likeness (QED) is 0.817. The molecule has 5 heteroatoms. The van der Waals surface area contributed by atoms with Gasteiger partial charge in [0.25, 0.3) is 0 Å². The van der Waals surface area contributed by atoms with Gasteiger partial charge in [0.15, 0.2) is 0 Å². The molecule has 0 atom stereocenters. The van der Waals surface area contributed by atoms with E-state index < -0.39 is 0 Å². The predicted molar refractivity (Wildman–Crippen MR) is 72.7 cm³/mol. The highest BCUT2D eigenvalue weighted by Gasteiger charge is 2.20. The lowest BCUT2D eigenvalue weighted by Gasteiger charge is -2.31. The summed E-state index contributed by atoms with van der Waals surface area (Å²) in [6, 6.07) is 0. The molecule has 0 aliphatic carbocycles. The molecule has 1 aromatic rings. The molecule has 1 fully saturated rings. The Bertz CT molecular complexity index is 331. The lowest BCUT2D eigenvalue weighted by Crippen LogP contribution is -2.37. The highest BCUT2D eigenvalue weighted by Crippen LogP contribution is 2.25. The fourth-order valence-corrected chi connectivity index (χ4v) is 2.96. The molecule has 1 aliphatic heterocycles. The van der Waals surface area contributed by atoms with Crippen LogP contribution < -0.4 is 10.2 Å². The van der Waals surface area contributed by atoms with Gasteiger partial charge in [0, 0.05) is 13.1 Å². The zero-order valence-electron chi connectivity index (χ0n) is 10.8. The maximum atomic E-state index is 4.22. The Morgan fingerprint density at radius 1 is 1.35 bits per heavy atom. The van der Waals surface area contributed by atoms with Crippen molar-refractivity contribution in [1.29, 1.82) is 0 Å². The highest BCUT2D eigenvalue weighted by molar-refractivity contribution is 7.15. The molecule has 0 radical (unpaired) electrons. The average molecular weight is 254 g/mol. The molecule has 0 amide bonds. The van der Waals surface area contributed by atoms with Crippen molar-refractivity contribution in [2.24, 2.45) is 5.92 Å². The van der Waals surface area contributed by atoms with Crippen LogP contribution in [0.3, 0.4) is 0 Å². The van der Waals surface area contributed by atoms with Gasteiger partial charge in [-0.05, 0) is 45.2 Å². The van der Waals surface area contributed by atoms with Crippen LogP contribution in [-0.4, -0.2) is 36.4 Å². The number of piperidine rings is 1. The summed E-state index contributed by atoms with van der Waals surface area (Å²) in [7, 11) is 0. The minimum Gasteiger partial charge on any atom is -0.347 e. The second kappa shape index (κ2) is 6.31. The molecule has 0 unspecified atom stereocenters. The fraction of sp³-hybridized carbons (Fsp3) is 0.833. The first-order valence-corrected chi connectivity index (χ1v) is 7.37. The Morgan fingerprint density at radius 3 is 2.71 bits per heavy atom. The van der Waals surface area contributed by atoms with E-state index in [1.54, 1.807) is 11.3 Å². The van der Waals surface area contributed by atoms with Gasteiger partial charge in [-0.2, -0.15) is 0 Å². The van der Waals surface area contributed by atoms with Gasteiger partial charge in [0.05, 0.1) is 0 Å². The van der Waals surface area contributed by atoms with Crippen LogP contribution in [0.25, 0.3) is 0 Å². The van der Waals surface area contributed by atoms with Gasteiger partial charge in [0.2, 0.25) is 5.13 Å². The lowest BCUT2D eigenvalue weighted by molar-refractivity contribution is 0.383. The maximum absolute atomic E-state index is 4.22. The SMILES string of the molecule is CCCNCC1CCN(c2nnc(C)s2)CC1. The van der Waals surface area contributed by atoms with Crippen molar-refractivity contribution in [1.82, 2.24) is 15.5 Å². The van der Waals surface area contributed by atoms with Gasteiger partial charge in [-0.25, -0.2) is 0 Å². The van der Waals surface area contributed by atoms with Gasteiger partial charge in [-0.1, -0.05) is 18.3 Å². The van der Waals surface area contributed by atoms with Crippen LogP contribution in [-0.2, 0) is 0 Å². The van der Waals surface area contributed by atoms with Gasteiger partial charge in [-0.15, -0.1) is 10.2 Å². The summed E-state index contributed by atoms with van der Waals surface area (Å²) in [5.41, 5.74) is 0. The van der Waals surface area contributed by atoms with E-state index in [9.17, 15) is 0 Å². The lowest BCUT2D eigenvalue weighted by atomic mass is 9.97. The first-order chi connectivity index (χ1) is 8.29. The van der Waals surface area contributed by atoms with Crippen molar-refractivity contribution >= 4 is 16.5 Å². The number of nitrogens with one attached hydrogen (secondary N) is 1.